The zero-order valence-electron chi connectivity index (χ0n) is 21.3. The van der Waals surface area contributed by atoms with E-state index in [0.29, 0.717) is 29.6 Å². The predicted molar refractivity (Wildman–Crippen MR) is 141 cm³/mol. The second-order valence-electron chi connectivity index (χ2n) is 10.3. The summed E-state index contributed by atoms with van der Waals surface area (Å²) in [4.78, 5) is 22.1. The van der Waals surface area contributed by atoms with E-state index in [1.165, 1.54) is 10.7 Å². The van der Waals surface area contributed by atoms with Gasteiger partial charge in [-0.3, -0.25) is 9.78 Å². The number of rotatable bonds is 4. The molecule has 1 amide bonds. The van der Waals surface area contributed by atoms with Crippen molar-refractivity contribution >= 4 is 27.2 Å². The second-order valence-corrected chi connectivity index (χ2v) is 12.3. The molecule has 0 radical (unpaired) electrons. The van der Waals surface area contributed by atoms with Gasteiger partial charge in [0.25, 0.3) is 0 Å². The maximum absolute atomic E-state index is 13.3. The first-order valence-corrected chi connectivity index (χ1v) is 14.6. The molecule has 6 rings (SSSR count). The molecule has 1 aromatic carbocycles. The molecule has 0 spiro atoms. The van der Waals surface area contributed by atoms with Crippen LogP contribution in [0.1, 0.15) is 37.3 Å². The molecule has 9 nitrogen and oxygen atoms in total. The molecule has 2 fully saturated rings. The number of hydrogen-bond donors (Lipinski definition) is 1. The number of nitrogen functional groups attached to an aromatic ring is 1. The molecule has 2 aliphatic heterocycles. The summed E-state index contributed by atoms with van der Waals surface area (Å²) in [5, 5.41) is 4.30. The number of alkyl halides is 3. The lowest BCUT2D eigenvalue weighted by molar-refractivity contribution is -0.190. The molecule has 3 atom stereocenters. The van der Waals surface area contributed by atoms with Gasteiger partial charge in [-0.2, -0.15) is 22.8 Å². The van der Waals surface area contributed by atoms with Gasteiger partial charge in [0.1, 0.15) is 10.7 Å². The molecule has 2 saturated heterocycles. The van der Waals surface area contributed by atoms with Gasteiger partial charge in [0.05, 0.1) is 17.6 Å². The van der Waals surface area contributed by atoms with Gasteiger partial charge in [0, 0.05) is 47.1 Å². The Morgan fingerprint density at radius 1 is 1.00 bits per heavy atom. The first-order valence-electron chi connectivity index (χ1n) is 12.7. The summed E-state index contributed by atoms with van der Waals surface area (Å²) >= 11 is 0. The number of carbonyl (C=O) groups is 1. The largest absolute Gasteiger partial charge is 0.471 e. The van der Waals surface area contributed by atoms with E-state index in [-0.39, 0.29) is 29.2 Å². The van der Waals surface area contributed by atoms with E-state index in [1.807, 2.05) is 42.5 Å². The number of nitrogens with zero attached hydrogens (tertiary/aromatic N) is 5. The highest BCUT2D eigenvalue weighted by molar-refractivity contribution is 7.91. The average Bonchev–Trinajstić information content (AvgIpc) is 3.45. The van der Waals surface area contributed by atoms with Gasteiger partial charge in [-0.1, -0.05) is 36.4 Å². The monoisotopic (exact) mass is 570 g/mol. The van der Waals surface area contributed by atoms with E-state index in [4.69, 9.17) is 10.7 Å². The minimum absolute atomic E-state index is 0.122. The maximum atomic E-state index is 13.3. The summed E-state index contributed by atoms with van der Waals surface area (Å²) in [6, 6.07) is 12.0. The smallest absolute Gasteiger partial charge is 0.382 e. The van der Waals surface area contributed by atoms with Gasteiger partial charge in [-0.25, -0.2) is 13.4 Å². The number of nitrogens with two attached hydrogens (primary N) is 1. The molecule has 0 unspecified atom stereocenters. The van der Waals surface area contributed by atoms with Crippen LogP contribution in [0.4, 0.5) is 19.0 Å². The lowest BCUT2D eigenvalue weighted by Gasteiger charge is -2.39. The first-order chi connectivity index (χ1) is 18.9. The number of benzene rings is 1. The standard InChI is InChI=1S/C27H25F3N6O3S/c1-40(38,39)23-22(17-11-18-8-9-19(12-17)35(18)26(37)27(28,29)30)34-25-20(14-33-36(25)24(23)31)16-7-10-21(32-13-16)15-5-3-2-4-6-15/h2-7,10,13-14,17-19H,8-9,11-12,31H2,1H3/t17-,18-,19+. The van der Waals surface area contributed by atoms with Crippen molar-refractivity contribution in [3.05, 3.63) is 60.6 Å². The Morgan fingerprint density at radius 2 is 1.68 bits per heavy atom. The molecule has 13 heteroatoms. The van der Waals surface area contributed by atoms with Crippen molar-refractivity contribution in [3.8, 4) is 22.4 Å². The fourth-order valence-corrected chi connectivity index (χ4v) is 7.15. The Morgan fingerprint density at radius 3 is 2.25 bits per heavy atom. The third kappa shape index (κ3) is 4.37. The number of pyridine rings is 1. The number of carbonyl (C=O) groups excluding carboxylic acids is 1. The fraction of sp³-hybridized carbons (Fsp3) is 0.333. The van der Waals surface area contributed by atoms with Crippen LogP contribution >= 0.6 is 0 Å². The number of amides is 1. The highest BCUT2D eigenvalue weighted by atomic mass is 32.2. The topological polar surface area (TPSA) is 124 Å². The van der Waals surface area contributed by atoms with E-state index in [1.54, 1.807) is 6.20 Å². The van der Waals surface area contributed by atoms with E-state index in [9.17, 15) is 26.4 Å². The molecular formula is C27H25F3N6O3S. The Bertz CT molecular complexity index is 1710. The Labute approximate surface area is 227 Å². The van der Waals surface area contributed by atoms with Crippen molar-refractivity contribution in [3.63, 3.8) is 0 Å². The predicted octanol–water partition coefficient (Wildman–Crippen LogP) is 4.24. The summed E-state index contributed by atoms with van der Waals surface area (Å²) in [6.45, 7) is 0. The molecule has 4 aromatic rings. The fourth-order valence-electron chi connectivity index (χ4n) is 6.09. The van der Waals surface area contributed by atoms with Gasteiger partial charge < -0.3 is 10.6 Å². The number of hydrogen-bond acceptors (Lipinski definition) is 7. The zero-order chi connectivity index (χ0) is 28.4. The maximum Gasteiger partial charge on any atom is 0.471 e. The SMILES string of the molecule is CS(=O)(=O)c1c([C@@H]2C[C@H]3CC[C@@H](C2)N3C(=O)C(F)(F)F)nc2c(-c3ccc(-c4ccccc4)nc3)cnn2c1N. The van der Waals surface area contributed by atoms with E-state index < -0.39 is 39.9 Å². The molecule has 2 aliphatic rings. The van der Waals surface area contributed by atoms with Crippen LogP contribution in [0, 0.1) is 0 Å². The van der Waals surface area contributed by atoms with Crippen LogP contribution in [0.25, 0.3) is 28.0 Å². The number of halogens is 3. The van der Waals surface area contributed by atoms with Crippen molar-refractivity contribution in [2.45, 2.75) is 54.8 Å². The molecule has 208 valence electrons. The minimum atomic E-state index is -4.97. The van der Waals surface area contributed by atoms with Gasteiger partial charge in [0.15, 0.2) is 15.5 Å². The van der Waals surface area contributed by atoms with Gasteiger partial charge in [-0.15, -0.1) is 0 Å². The Balaban J connectivity index is 1.42. The quantitative estimate of drug-likeness (QED) is 0.389. The molecule has 2 bridgehead atoms. The highest BCUT2D eigenvalue weighted by Crippen LogP contribution is 2.46. The number of fused-ring (bicyclic) bond motifs is 3. The molecule has 40 heavy (non-hydrogen) atoms. The Kier molecular flexibility index (Phi) is 6.09. The third-order valence-corrected chi connectivity index (χ3v) is 8.94. The molecule has 3 aromatic heterocycles. The van der Waals surface area contributed by atoms with E-state index in [2.05, 4.69) is 10.1 Å². The number of aromatic nitrogens is 4. The molecule has 0 aliphatic carbocycles. The zero-order valence-corrected chi connectivity index (χ0v) is 22.2. The number of piperidine rings is 1. The van der Waals surface area contributed by atoms with Crippen LogP contribution < -0.4 is 5.73 Å². The van der Waals surface area contributed by atoms with Crippen molar-refractivity contribution in [1.82, 2.24) is 24.5 Å². The van der Waals surface area contributed by atoms with Crippen LogP contribution in [0.5, 0.6) is 0 Å². The van der Waals surface area contributed by atoms with Gasteiger partial charge in [-0.05, 0) is 31.7 Å². The van der Waals surface area contributed by atoms with Crippen LogP contribution in [-0.2, 0) is 14.6 Å². The number of sulfone groups is 1. The van der Waals surface area contributed by atoms with Gasteiger partial charge in [0.2, 0.25) is 0 Å². The lowest BCUT2D eigenvalue weighted by Crippen LogP contribution is -2.51. The highest BCUT2D eigenvalue weighted by Gasteiger charge is 2.52. The van der Waals surface area contributed by atoms with Crippen molar-refractivity contribution in [2.75, 3.05) is 12.0 Å². The van der Waals surface area contributed by atoms with Crippen molar-refractivity contribution in [2.24, 2.45) is 0 Å². The number of anilines is 1. The van der Waals surface area contributed by atoms with Crippen molar-refractivity contribution in [1.29, 1.82) is 0 Å². The van der Waals surface area contributed by atoms with Gasteiger partial charge >= 0.3 is 12.1 Å². The van der Waals surface area contributed by atoms with E-state index >= 15 is 0 Å². The summed E-state index contributed by atoms with van der Waals surface area (Å²) in [5.41, 5.74) is 9.86. The second kappa shape index (κ2) is 9.29. The third-order valence-electron chi connectivity index (χ3n) is 7.78. The summed E-state index contributed by atoms with van der Waals surface area (Å²) < 4.78 is 66.8. The van der Waals surface area contributed by atoms with Crippen molar-refractivity contribution < 1.29 is 26.4 Å². The van der Waals surface area contributed by atoms with Crippen LogP contribution in [0.2, 0.25) is 0 Å². The Hall–Kier alpha value is -4.00. The van der Waals surface area contributed by atoms with Crippen LogP contribution in [0.3, 0.4) is 0 Å². The lowest BCUT2D eigenvalue weighted by atomic mass is 9.87. The van der Waals surface area contributed by atoms with E-state index in [0.717, 1.165) is 22.4 Å². The molecule has 2 N–H and O–H groups in total. The summed E-state index contributed by atoms with van der Waals surface area (Å²) in [6.07, 6.45) is 0.372. The average molecular weight is 571 g/mol. The molecular weight excluding hydrogens is 545 g/mol. The normalized spacial score (nSPS) is 21.2. The van der Waals surface area contributed by atoms with Crippen LogP contribution in [-0.4, -0.2) is 63.3 Å². The summed E-state index contributed by atoms with van der Waals surface area (Å²) in [7, 11) is -3.89. The first kappa shape index (κ1) is 26.2. The summed E-state index contributed by atoms with van der Waals surface area (Å²) in [5.74, 6) is -2.48. The molecule has 0 saturated carbocycles. The molecule has 5 heterocycles. The van der Waals surface area contributed by atoms with Crippen LogP contribution in [0.15, 0.2) is 59.8 Å². The minimum Gasteiger partial charge on any atom is -0.382 e.